The van der Waals surface area contributed by atoms with Crippen LogP contribution in [-0.4, -0.2) is 17.3 Å². The van der Waals surface area contributed by atoms with Gasteiger partial charge in [0.1, 0.15) is 0 Å². The monoisotopic (exact) mass is 287 g/mol. The van der Waals surface area contributed by atoms with E-state index >= 15 is 0 Å². The van der Waals surface area contributed by atoms with Gasteiger partial charge in [0.15, 0.2) is 0 Å². The maximum Gasteiger partial charge on any atom is 0.0758 e. The molecule has 0 radical (unpaired) electrons. The Balaban J connectivity index is 1.71. The molecule has 2 heteroatoms. The van der Waals surface area contributed by atoms with Gasteiger partial charge in [-0.3, -0.25) is 0 Å². The number of nitrogens with two attached hydrogens (primary N) is 1. The van der Waals surface area contributed by atoms with Crippen molar-refractivity contribution in [2.75, 3.05) is 0 Å². The molecule has 0 bridgehead atoms. The van der Waals surface area contributed by atoms with Crippen molar-refractivity contribution in [3.63, 3.8) is 0 Å². The third-order valence-corrected chi connectivity index (χ3v) is 7.70. The molecule has 116 valence electrons. The van der Waals surface area contributed by atoms with Crippen LogP contribution in [0.1, 0.15) is 52.4 Å². The van der Waals surface area contributed by atoms with Gasteiger partial charge in [0, 0.05) is 11.5 Å². The number of rotatable bonds is 0. The average molecular weight is 287 g/mol. The lowest BCUT2D eigenvalue weighted by molar-refractivity contribution is -0.0113. The van der Waals surface area contributed by atoms with E-state index in [0.29, 0.717) is 11.5 Å². The molecule has 2 saturated carbocycles. The van der Waals surface area contributed by atoms with Crippen LogP contribution < -0.4 is 5.73 Å². The van der Waals surface area contributed by atoms with Crippen LogP contribution >= 0.6 is 0 Å². The van der Waals surface area contributed by atoms with Gasteiger partial charge in [-0.2, -0.15) is 0 Å². The molecule has 0 aliphatic heterocycles. The SMILES string of the molecule is C[C@]12CC[C@H]3[C@@H](CC=C4C[C@H](O)C=C[C@@]43C)[C@@H]1CC[C@@H]2N. The molecule has 0 spiro atoms. The summed E-state index contributed by atoms with van der Waals surface area (Å²) in [6.07, 6.45) is 13.7. The van der Waals surface area contributed by atoms with Crippen molar-refractivity contribution in [1.82, 2.24) is 0 Å². The molecule has 0 aromatic heterocycles. The highest BCUT2D eigenvalue weighted by molar-refractivity contribution is 5.32. The van der Waals surface area contributed by atoms with E-state index in [1.807, 2.05) is 6.08 Å². The first-order valence-corrected chi connectivity index (χ1v) is 8.77. The zero-order valence-electron chi connectivity index (χ0n) is 13.4. The van der Waals surface area contributed by atoms with Gasteiger partial charge in [-0.05, 0) is 61.7 Å². The summed E-state index contributed by atoms with van der Waals surface area (Å²) in [6, 6.07) is 0.408. The van der Waals surface area contributed by atoms with E-state index in [0.717, 1.165) is 24.2 Å². The molecule has 7 atom stereocenters. The van der Waals surface area contributed by atoms with E-state index in [1.165, 1.54) is 37.7 Å². The van der Waals surface area contributed by atoms with Gasteiger partial charge >= 0.3 is 0 Å². The number of allylic oxidation sites excluding steroid dienone is 2. The third kappa shape index (κ3) is 1.78. The van der Waals surface area contributed by atoms with Gasteiger partial charge in [0.05, 0.1) is 6.10 Å². The lowest BCUT2D eigenvalue weighted by Crippen LogP contribution is -2.51. The quantitative estimate of drug-likeness (QED) is 0.671. The largest absolute Gasteiger partial charge is 0.389 e. The fourth-order valence-electron chi connectivity index (χ4n) is 6.28. The van der Waals surface area contributed by atoms with E-state index in [2.05, 4.69) is 26.0 Å². The highest BCUT2D eigenvalue weighted by Crippen LogP contribution is 2.63. The normalized spacial score (nSPS) is 55.4. The summed E-state index contributed by atoms with van der Waals surface area (Å²) in [5.41, 5.74) is 8.52. The molecule has 0 saturated heterocycles. The molecule has 4 aliphatic carbocycles. The molecular weight excluding hydrogens is 258 g/mol. The molecule has 0 aromatic carbocycles. The Morgan fingerprint density at radius 1 is 1.19 bits per heavy atom. The van der Waals surface area contributed by atoms with Gasteiger partial charge < -0.3 is 10.8 Å². The van der Waals surface area contributed by atoms with Crippen molar-refractivity contribution in [1.29, 1.82) is 0 Å². The molecule has 4 rings (SSSR count). The fourth-order valence-corrected chi connectivity index (χ4v) is 6.28. The van der Waals surface area contributed by atoms with Crippen LogP contribution in [0.2, 0.25) is 0 Å². The predicted octanol–water partition coefficient (Wildman–Crippen LogP) is 3.41. The van der Waals surface area contributed by atoms with Crippen molar-refractivity contribution in [3.05, 3.63) is 23.8 Å². The Labute approximate surface area is 128 Å². The second-order valence-electron chi connectivity index (χ2n) is 8.48. The Bertz CT molecular complexity index is 510. The van der Waals surface area contributed by atoms with Crippen LogP contribution in [0.5, 0.6) is 0 Å². The van der Waals surface area contributed by atoms with Gasteiger partial charge in [0.2, 0.25) is 0 Å². The smallest absolute Gasteiger partial charge is 0.0758 e. The van der Waals surface area contributed by atoms with Crippen LogP contribution in [0.4, 0.5) is 0 Å². The molecule has 21 heavy (non-hydrogen) atoms. The number of hydrogen-bond acceptors (Lipinski definition) is 2. The second kappa shape index (κ2) is 4.45. The highest BCUT2D eigenvalue weighted by Gasteiger charge is 2.57. The van der Waals surface area contributed by atoms with E-state index in [1.54, 1.807) is 0 Å². The summed E-state index contributed by atoms with van der Waals surface area (Å²) in [4.78, 5) is 0. The van der Waals surface area contributed by atoms with Crippen molar-refractivity contribution in [2.45, 2.75) is 64.5 Å². The zero-order chi connectivity index (χ0) is 14.8. The number of hydrogen-bond donors (Lipinski definition) is 2. The topological polar surface area (TPSA) is 46.2 Å². The van der Waals surface area contributed by atoms with E-state index in [4.69, 9.17) is 5.73 Å². The van der Waals surface area contributed by atoms with Crippen molar-refractivity contribution in [3.8, 4) is 0 Å². The summed E-state index contributed by atoms with van der Waals surface area (Å²) in [5, 5.41) is 9.94. The highest BCUT2D eigenvalue weighted by atomic mass is 16.3. The minimum atomic E-state index is -0.269. The van der Waals surface area contributed by atoms with E-state index in [-0.39, 0.29) is 11.5 Å². The van der Waals surface area contributed by atoms with Gasteiger partial charge in [-0.1, -0.05) is 37.6 Å². The minimum absolute atomic E-state index is 0.191. The first-order chi connectivity index (χ1) is 9.95. The van der Waals surface area contributed by atoms with Gasteiger partial charge in [-0.25, -0.2) is 0 Å². The zero-order valence-corrected chi connectivity index (χ0v) is 13.4. The van der Waals surface area contributed by atoms with Gasteiger partial charge in [0.25, 0.3) is 0 Å². The Kier molecular flexibility index (Phi) is 2.97. The molecular formula is C19H29NO. The second-order valence-corrected chi connectivity index (χ2v) is 8.48. The molecule has 0 heterocycles. The van der Waals surface area contributed by atoms with Crippen molar-refractivity contribution in [2.24, 2.45) is 34.3 Å². The molecule has 0 amide bonds. The standard InChI is InChI=1S/C19H29NO/c1-18-9-7-13(21)11-12(18)3-4-14-15-5-6-17(20)19(15,2)10-8-16(14)18/h3,7,9,13-17,21H,4-6,8,10-11,20H2,1-2H3/t13-,14+,15+,16+,17+,18+,19+/m1/s1. The van der Waals surface area contributed by atoms with E-state index < -0.39 is 0 Å². The number of aliphatic hydroxyl groups excluding tert-OH is 1. The summed E-state index contributed by atoms with van der Waals surface area (Å²) in [5.74, 6) is 2.36. The molecule has 4 aliphatic rings. The van der Waals surface area contributed by atoms with Crippen LogP contribution in [-0.2, 0) is 0 Å². The summed E-state index contributed by atoms with van der Waals surface area (Å²) >= 11 is 0. The maximum atomic E-state index is 9.94. The van der Waals surface area contributed by atoms with E-state index in [9.17, 15) is 5.11 Å². The first kappa shape index (κ1) is 14.0. The van der Waals surface area contributed by atoms with Crippen LogP contribution in [0, 0.1) is 28.6 Å². The van der Waals surface area contributed by atoms with Crippen LogP contribution in [0.3, 0.4) is 0 Å². The number of fused-ring (bicyclic) bond motifs is 5. The molecule has 0 unspecified atom stereocenters. The minimum Gasteiger partial charge on any atom is -0.389 e. The molecule has 2 fully saturated rings. The first-order valence-electron chi connectivity index (χ1n) is 8.77. The predicted molar refractivity (Wildman–Crippen MR) is 85.6 cm³/mol. The summed E-state index contributed by atoms with van der Waals surface area (Å²) < 4.78 is 0. The Hall–Kier alpha value is -0.600. The maximum absolute atomic E-state index is 9.94. The summed E-state index contributed by atoms with van der Waals surface area (Å²) in [6.45, 7) is 4.86. The summed E-state index contributed by atoms with van der Waals surface area (Å²) in [7, 11) is 0. The van der Waals surface area contributed by atoms with Gasteiger partial charge in [-0.15, -0.1) is 0 Å². The van der Waals surface area contributed by atoms with Crippen molar-refractivity contribution >= 4 is 0 Å². The van der Waals surface area contributed by atoms with Crippen LogP contribution in [0.25, 0.3) is 0 Å². The Morgan fingerprint density at radius 2 is 2.00 bits per heavy atom. The fraction of sp³-hybridized carbons (Fsp3) is 0.789. The lowest BCUT2D eigenvalue weighted by Gasteiger charge is -2.56. The lowest BCUT2D eigenvalue weighted by atomic mass is 9.49. The number of aliphatic hydroxyl groups is 1. The molecule has 0 aromatic rings. The van der Waals surface area contributed by atoms with Crippen molar-refractivity contribution < 1.29 is 5.11 Å². The molecule has 2 nitrogen and oxygen atoms in total. The molecule has 3 N–H and O–H groups in total. The average Bonchev–Trinajstić information content (AvgIpc) is 2.76. The third-order valence-electron chi connectivity index (χ3n) is 7.70. The van der Waals surface area contributed by atoms with Crippen LogP contribution in [0.15, 0.2) is 23.8 Å². The Morgan fingerprint density at radius 3 is 2.81 bits per heavy atom.